The Bertz CT molecular complexity index is 1020. The first kappa shape index (κ1) is 19.6. The van der Waals surface area contributed by atoms with Gasteiger partial charge in [-0.25, -0.2) is 8.78 Å². The predicted octanol–water partition coefficient (Wildman–Crippen LogP) is 3.84. The summed E-state index contributed by atoms with van der Waals surface area (Å²) >= 11 is 0. The van der Waals surface area contributed by atoms with Gasteiger partial charge in [0.25, 0.3) is 5.92 Å². The Labute approximate surface area is 179 Å². The third-order valence-electron chi connectivity index (χ3n) is 8.65. The van der Waals surface area contributed by atoms with E-state index in [1.54, 1.807) is 0 Å². The van der Waals surface area contributed by atoms with Crippen LogP contribution < -0.4 is 14.8 Å². The van der Waals surface area contributed by atoms with E-state index in [2.05, 4.69) is 5.32 Å². The summed E-state index contributed by atoms with van der Waals surface area (Å²) in [5.74, 6) is -2.93. The van der Waals surface area contributed by atoms with Crippen LogP contribution >= 0.6 is 0 Å². The number of rotatable bonds is 4. The summed E-state index contributed by atoms with van der Waals surface area (Å²) in [6, 6.07) is 0.00699. The van der Waals surface area contributed by atoms with E-state index in [1.165, 1.54) is 14.0 Å². The number of ketones is 2. The van der Waals surface area contributed by atoms with Gasteiger partial charge in [-0.2, -0.15) is 0 Å². The number of ether oxygens (including phenoxy) is 2. The number of Topliss-reactive ketones (excluding diaryl/α,β-unsaturated/α-hetero) is 2. The minimum Gasteiger partial charge on any atom is -0.492 e. The van der Waals surface area contributed by atoms with E-state index in [9.17, 15) is 9.59 Å². The zero-order valence-electron chi connectivity index (χ0n) is 17.9. The molecule has 2 heterocycles. The first-order chi connectivity index (χ1) is 14.8. The van der Waals surface area contributed by atoms with Gasteiger partial charge in [-0.05, 0) is 57.1 Å². The molecule has 1 aromatic carbocycles. The van der Waals surface area contributed by atoms with Gasteiger partial charge in [0.05, 0.1) is 12.7 Å². The Morgan fingerprint density at radius 3 is 2.58 bits per heavy atom. The van der Waals surface area contributed by atoms with E-state index in [0.29, 0.717) is 37.1 Å². The standard InChI is InChI=1S/C24H27F2NO4/c1-11(28)16-13-10-15-14-6-7-24(25,26)22-23(14,8-9-27-15)18(13)21(31-22)20(30-2)17(16)19(29)12-4-3-5-12/h12,14-15,22,27H,3-10H2,1-2H3/t14-,15+,22+,23-/m0/s1. The van der Waals surface area contributed by atoms with E-state index in [1.807, 2.05) is 0 Å². The van der Waals surface area contributed by atoms with Gasteiger partial charge in [-0.1, -0.05) is 6.42 Å². The number of methoxy groups -OCH3 is 1. The van der Waals surface area contributed by atoms with Crippen molar-refractivity contribution in [3.05, 3.63) is 22.3 Å². The van der Waals surface area contributed by atoms with Gasteiger partial charge < -0.3 is 14.8 Å². The molecule has 6 rings (SSSR count). The van der Waals surface area contributed by atoms with E-state index >= 15 is 8.78 Å². The van der Waals surface area contributed by atoms with Gasteiger partial charge in [-0.3, -0.25) is 9.59 Å². The molecule has 2 aliphatic heterocycles. The summed E-state index contributed by atoms with van der Waals surface area (Å²) in [5.41, 5.74) is 1.25. The van der Waals surface area contributed by atoms with Crippen molar-refractivity contribution in [2.45, 2.75) is 75.4 Å². The SMILES string of the molecule is COc1c2c3c(c(C(C)=O)c1C(=O)C1CCC1)C[C@H]1NCC[C@]34[C@H]1CCC(F)(F)[C@@H]4O2. The Hall–Kier alpha value is -2.02. The summed E-state index contributed by atoms with van der Waals surface area (Å²) < 4.78 is 42.3. The molecule has 3 fully saturated rings. The van der Waals surface area contributed by atoms with Crippen LogP contribution in [0.15, 0.2) is 0 Å². The van der Waals surface area contributed by atoms with Crippen LogP contribution in [0.25, 0.3) is 0 Å². The van der Waals surface area contributed by atoms with E-state index in [-0.39, 0.29) is 47.2 Å². The number of hydrogen-bond donors (Lipinski definition) is 1. The number of benzene rings is 1. The maximum Gasteiger partial charge on any atom is 0.285 e. The minimum absolute atomic E-state index is 0.00699. The quantitative estimate of drug-likeness (QED) is 0.734. The highest BCUT2D eigenvalue weighted by Gasteiger charge is 2.70. The van der Waals surface area contributed by atoms with Crippen molar-refractivity contribution in [2.24, 2.45) is 11.8 Å². The molecule has 4 atom stereocenters. The lowest BCUT2D eigenvalue weighted by molar-refractivity contribution is -0.169. The third kappa shape index (κ3) is 2.28. The molecule has 0 radical (unpaired) electrons. The third-order valence-corrected chi connectivity index (χ3v) is 8.65. The topological polar surface area (TPSA) is 64.6 Å². The molecule has 5 aliphatic rings. The summed E-state index contributed by atoms with van der Waals surface area (Å²) in [4.78, 5) is 26.4. The number of piperidine rings is 1. The molecule has 1 spiro atoms. The maximum absolute atomic E-state index is 15.3. The van der Waals surface area contributed by atoms with Crippen molar-refractivity contribution in [3.63, 3.8) is 0 Å². The lowest BCUT2D eigenvalue weighted by Gasteiger charge is -2.56. The molecule has 5 nitrogen and oxygen atoms in total. The summed E-state index contributed by atoms with van der Waals surface area (Å²) in [6.07, 6.45) is 2.57. The van der Waals surface area contributed by atoms with Gasteiger partial charge >= 0.3 is 0 Å². The Morgan fingerprint density at radius 1 is 1.16 bits per heavy atom. The monoisotopic (exact) mass is 431 g/mol. The van der Waals surface area contributed by atoms with Crippen LogP contribution in [0.2, 0.25) is 0 Å². The molecule has 31 heavy (non-hydrogen) atoms. The lowest BCUT2D eigenvalue weighted by atomic mass is 9.51. The summed E-state index contributed by atoms with van der Waals surface area (Å²) in [7, 11) is 1.44. The van der Waals surface area contributed by atoms with Crippen molar-refractivity contribution in [3.8, 4) is 11.5 Å². The molecular formula is C24H27F2NO4. The number of halogens is 2. The fraction of sp³-hybridized carbons (Fsp3) is 0.667. The largest absolute Gasteiger partial charge is 0.492 e. The normalized spacial score (nSPS) is 34.4. The molecule has 1 aromatic rings. The van der Waals surface area contributed by atoms with Gasteiger partial charge in [0.15, 0.2) is 29.2 Å². The molecular weight excluding hydrogens is 404 g/mol. The Morgan fingerprint density at radius 2 is 1.94 bits per heavy atom. The zero-order valence-corrected chi connectivity index (χ0v) is 17.9. The van der Waals surface area contributed by atoms with Crippen LogP contribution in [0.3, 0.4) is 0 Å². The number of nitrogens with one attached hydrogen (secondary N) is 1. The number of carbonyl (C=O) groups is 2. The van der Waals surface area contributed by atoms with Crippen LogP contribution in [-0.4, -0.2) is 43.3 Å². The van der Waals surface area contributed by atoms with Crippen molar-refractivity contribution in [1.82, 2.24) is 5.32 Å². The fourth-order valence-electron chi connectivity index (χ4n) is 7.23. The van der Waals surface area contributed by atoms with Gasteiger partial charge in [0.2, 0.25) is 0 Å². The van der Waals surface area contributed by atoms with Crippen LogP contribution in [0.5, 0.6) is 11.5 Å². The van der Waals surface area contributed by atoms with Crippen LogP contribution in [0.4, 0.5) is 8.78 Å². The van der Waals surface area contributed by atoms with Crippen molar-refractivity contribution in [2.75, 3.05) is 13.7 Å². The van der Waals surface area contributed by atoms with E-state index in [4.69, 9.17) is 9.47 Å². The van der Waals surface area contributed by atoms with Gasteiger partial charge in [0, 0.05) is 34.9 Å². The number of alkyl halides is 2. The van der Waals surface area contributed by atoms with E-state index < -0.39 is 17.4 Å². The first-order valence-electron chi connectivity index (χ1n) is 11.4. The highest BCUT2D eigenvalue weighted by molar-refractivity contribution is 6.13. The molecule has 2 saturated carbocycles. The molecule has 0 amide bonds. The second-order valence-corrected chi connectivity index (χ2v) is 9.97. The molecule has 3 aliphatic carbocycles. The fourth-order valence-corrected chi connectivity index (χ4v) is 7.23. The summed E-state index contributed by atoms with van der Waals surface area (Å²) in [5, 5.41) is 3.52. The van der Waals surface area contributed by atoms with Crippen molar-refractivity contribution < 1.29 is 27.8 Å². The van der Waals surface area contributed by atoms with Crippen LogP contribution in [-0.2, 0) is 11.8 Å². The zero-order chi connectivity index (χ0) is 21.7. The number of carbonyl (C=O) groups excluding carboxylic acids is 2. The number of hydrogen-bond acceptors (Lipinski definition) is 5. The van der Waals surface area contributed by atoms with Gasteiger partial charge in [-0.15, -0.1) is 0 Å². The molecule has 166 valence electrons. The molecule has 2 bridgehead atoms. The van der Waals surface area contributed by atoms with Crippen molar-refractivity contribution in [1.29, 1.82) is 0 Å². The Balaban J connectivity index is 1.68. The Kier molecular flexibility index (Phi) is 3.98. The minimum atomic E-state index is -2.97. The molecule has 1 saturated heterocycles. The van der Waals surface area contributed by atoms with Crippen molar-refractivity contribution >= 4 is 11.6 Å². The second kappa shape index (κ2) is 6.27. The predicted molar refractivity (Wildman–Crippen MR) is 109 cm³/mol. The maximum atomic E-state index is 15.3. The smallest absolute Gasteiger partial charge is 0.285 e. The van der Waals surface area contributed by atoms with Crippen LogP contribution in [0.1, 0.15) is 77.3 Å². The molecule has 0 unspecified atom stereocenters. The van der Waals surface area contributed by atoms with E-state index in [0.717, 1.165) is 30.4 Å². The van der Waals surface area contributed by atoms with Gasteiger partial charge in [0.1, 0.15) is 0 Å². The lowest BCUT2D eigenvalue weighted by Crippen LogP contribution is -2.67. The molecule has 7 heteroatoms. The first-order valence-corrected chi connectivity index (χ1v) is 11.4. The molecule has 1 N–H and O–H groups in total. The van der Waals surface area contributed by atoms with Crippen LogP contribution in [0, 0.1) is 11.8 Å². The average molecular weight is 431 g/mol. The molecule has 0 aromatic heterocycles. The highest BCUT2D eigenvalue weighted by Crippen LogP contribution is 2.66. The average Bonchev–Trinajstić information content (AvgIpc) is 3.01. The summed E-state index contributed by atoms with van der Waals surface area (Å²) in [6.45, 7) is 2.10. The second-order valence-electron chi connectivity index (χ2n) is 9.97. The highest BCUT2D eigenvalue weighted by atomic mass is 19.3.